The summed E-state index contributed by atoms with van der Waals surface area (Å²) in [4.78, 5) is 3.59. The number of thiocarbonyl (C=S) groups is 1. The first-order valence-corrected chi connectivity index (χ1v) is 8.66. The van der Waals surface area contributed by atoms with Crippen LogP contribution in [0.5, 0.6) is 11.5 Å². The van der Waals surface area contributed by atoms with Crippen LogP contribution in [0.4, 0.5) is 0 Å². The second-order valence-electron chi connectivity index (χ2n) is 5.88. The van der Waals surface area contributed by atoms with Crippen LogP contribution in [0, 0.1) is 0 Å². The number of methoxy groups -OCH3 is 2. The van der Waals surface area contributed by atoms with Crippen molar-refractivity contribution in [3.8, 4) is 11.5 Å². The number of nitrogens with one attached hydrogen (secondary N) is 2. The van der Waals surface area contributed by atoms with E-state index in [0.717, 1.165) is 61.6 Å². The molecule has 0 unspecified atom stereocenters. The molecule has 2 N–H and O–H groups in total. The van der Waals surface area contributed by atoms with Crippen LogP contribution in [0.25, 0.3) is 0 Å². The van der Waals surface area contributed by atoms with Gasteiger partial charge in [0.25, 0.3) is 0 Å². The lowest BCUT2D eigenvalue weighted by Crippen LogP contribution is -3.14. The van der Waals surface area contributed by atoms with Gasteiger partial charge in [-0.25, -0.2) is 0 Å². The molecule has 1 aliphatic rings. The van der Waals surface area contributed by atoms with E-state index in [-0.39, 0.29) is 0 Å². The van der Waals surface area contributed by atoms with Crippen molar-refractivity contribution in [1.29, 1.82) is 0 Å². The quantitative estimate of drug-likeness (QED) is 0.669. The highest BCUT2D eigenvalue weighted by Gasteiger charge is 2.14. The Bertz CT molecular complexity index is 536. The van der Waals surface area contributed by atoms with Crippen LogP contribution < -0.4 is 19.7 Å². The lowest BCUT2D eigenvalue weighted by atomic mass is 10.2. The molecule has 7 heteroatoms. The van der Waals surface area contributed by atoms with Crippen LogP contribution in [-0.2, 0) is 11.3 Å². The maximum atomic E-state index is 5.49. The van der Waals surface area contributed by atoms with E-state index in [9.17, 15) is 0 Å². The van der Waals surface area contributed by atoms with Crippen molar-refractivity contribution < 1.29 is 19.1 Å². The minimum Gasteiger partial charge on any atom is -0.497 e. The van der Waals surface area contributed by atoms with Crippen LogP contribution in [0.2, 0.25) is 0 Å². The Hall–Kier alpha value is -1.57. The molecule has 0 atom stereocenters. The summed E-state index contributed by atoms with van der Waals surface area (Å²) >= 11 is 5.49. The van der Waals surface area contributed by atoms with Gasteiger partial charge in [-0.15, -0.1) is 0 Å². The summed E-state index contributed by atoms with van der Waals surface area (Å²) in [5, 5.41) is 4.09. The number of nitrogens with zero attached hydrogens (tertiary/aromatic N) is 1. The molecule has 1 aliphatic heterocycles. The molecule has 24 heavy (non-hydrogen) atoms. The maximum absolute atomic E-state index is 5.49. The molecule has 0 aliphatic carbocycles. The molecule has 0 radical (unpaired) electrons. The van der Waals surface area contributed by atoms with E-state index < -0.39 is 0 Å². The summed E-state index contributed by atoms with van der Waals surface area (Å²) in [5.41, 5.74) is 1.07. The van der Waals surface area contributed by atoms with Crippen LogP contribution in [0.3, 0.4) is 0 Å². The van der Waals surface area contributed by atoms with Gasteiger partial charge in [-0.3, -0.25) is 0 Å². The van der Waals surface area contributed by atoms with Crippen molar-refractivity contribution in [2.75, 3.05) is 60.7 Å². The van der Waals surface area contributed by atoms with E-state index in [1.54, 1.807) is 19.1 Å². The summed E-state index contributed by atoms with van der Waals surface area (Å²) in [6.45, 7) is 6.49. The van der Waals surface area contributed by atoms with Crippen LogP contribution in [0.1, 0.15) is 5.56 Å². The van der Waals surface area contributed by atoms with E-state index >= 15 is 0 Å². The van der Waals surface area contributed by atoms with Crippen molar-refractivity contribution in [3.63, 3.8) is 0 Å². The Morgan fingerprint density at radius 3 is 2.71 bits per heavy atom. The second kappa shape index (κ2) is 9.66. The molecule has 1 fully saturated rings. The first kappa shape index (κ1) is 18.8. The Balaban J connectivity index is 1.80. The Morgan fingerprint density at radius 2 is 2.04 bits per heavy atom. The Kier molecular flexibility index (Phi) is 7.55. The Labute approximate surface area is 149 Å². The molecular weight excluding hydrogens is 326 g/mol. The summed E-state index contributed by atoms with van der Waals surface area (Å²) in [5.74, 6) is 1.59. The molecule has 0 amide bonds. The minimum atomic E-state index is 0.684. The minimum absolute atomic E-state index is 0.684. The second-order valence-corrected chi connectivity index (χ2v) is 6.26. The van der Waals surface area contributed by atoms with E-state index in [1.807, 2.05) is 30.1 Å². The molecule has 1 aromatic carbocycles. The molecule has 0 saturated carbocycles. The van der Waals surface area contributed by atoms with E-state index in [2.05, 4.69) is 5.32 Å². The van der Waals surface area contributed by atoms with E-state index in [1.165, 1.54) is 0 Å². The van der Waals surface area contributed by atoms with Crippen LogP contribution in [0.15, 0.2) is 18.2 Å². The average molecular weight is 354 g/mol. The lowest BCUT2D eigenvalue weighted by molar-refractivity contribution is -0.906. The predicted octanol–water partition coefficient (Wildman–Crippen LogP) is -0.0748. The molecule has 1 heterocycles. The monoisotopic (exact) mass is 354 g/mol. The van der Waals surface area contributed by atoms with Gasteiger partial charge in [0.05, 0.1) is 40.5 Å². The molecule has 134 valence electrons. The highest BCUT2D eigenvalue weighted by molar-refractivity contribution is 7.80. The highest BCUT2D eigenvalue weighted by Crippen LogP contribution is 2.25. The standard InChI is InChI=1S/C17H27N3O3S/c1-19(13-14-4-5-15(21-2)12-16(14)22-3)17(24)18-6-7-20-8-10-23-11-9-20/h4-5,12H,6-11,13H2,1-3H3,(H,18,24)/p+1. The van der Waals surface area contributed by atoms with Crippen molar-refractivity contribution in [2.24, 2.45) is 0 Å². The zero-order chi connectivity index (χ0) is 17.4. The summed E-state index contributed by atoms with van der Waals surface area (Å²) < 4.78 is 16.0. The highest BCUT2D eigenvalue weighted by atomic mass is 32.1. The van der Waals surface area contributed by atoms with Crippen LogP contribution in [-0.4, -0.2) is 70.7 Å². The SMILES string of the molecule is COc1ccc(CN(C)C(=S)NCC[NH+]2CCOCC2)c(OC)c1. The fourth-order valence-corrected chi connectivity index (χ4v) is 2.87. The first-order valence-electron chi connectivity index (χ1n) is 8.25. The fourth-order valence-electron chi connectivity index (χ4n) is 2.70. The average Bonchev–Trinajstić information content (AvgIpc) is 2.62. The molecule has 1 aromatic rings. The smallest absolute Gasteiger partial charge is 0.169 e. The fraction of sp³-hybridized carbons (Fsp3) is 0.588. The maximum Gasteiger partial charge on any atom is 0.169 e. The largest absolute Gasteiger partial charge is 0.497 e. The molecule has 6 nitrogen and oxygen atoms in total. The van der Waals surface area contributed by atoms with E-state index in [0.29, 0.717) is 6.54 Å². The van der Waals surface area contributed by atoms with Gasteiger partial charge in [0.15, 0.2) is 5.11 Å². The molecule has 1 saturated heterocycles. The van der Waals surface area contributed by atoms with Gasteiger partial charge in [0.1, 0.15) is 24.6 Å². The van der Waals surface area contributed by atoms with Crippen molar-refractivity contribution in [1.82, 2.24) is 10.2 Å². The predicted molar refractivity (Wildman–Crippen MR) is 98.0 cm³/mol. The third-order valence-corrected chi connectivity index (χ3v) is 4.66. The van der Waals surface area contributed by atoms with Gasteiger partial charge < -0.3 is 29.3 Å². The van der Waals surface area contributed by atoms with Gasteiger partial charge in [-0.1, -0.05) is 0 Å². The first-order chi connectivity index (χ1) is 11.6. The van der Waals surface area contributed by atoms with Crippen molar-refractivity contribution >= 4 is 17.3 Å². The number of ether oxygens (including phenoxy) is 3. The number of hydrogen-bond donors (Lipinski definition) is 2. The third kappa shape index (κ3) is 5.51. The normalized spacial score (nSPS) is 15.0. The molecular formula is C17H28N3O3S+. The van der Waals surface area contributed by atoms with Gasteiger partial charge >= 0.3 is 0 Å². The lowest BCUT2D eigenvalue weighted by Gasteiger charge is -2.26. The zero-order valence-corrected chi connectivity index (χ0v) is 15.6. The number of quaternary nitrogens is 1. The number of rotatable bonds is 7. The topological polar surface area (TPSA) is 47.4 Å². The number of hydrogen-bond acceptors (Lipinski definition) is 4. The third-order valence-electron chi connectivity index (χ3n) is 4.20. The Morgan fingerprint density at radius 1 is 1.29 bits per heavy atom. The van der Waals surface area contributed by atoms with Crippen molar-refractivity contribution in [3.05, 3.63) is 23.8 Å². The molecule has 0 spiro atoms. The van der Waals surface area contributed by atoms with Crippen molar-refractivity contribution in [2.45, 2.75) is 6.54 Å². The summed E-state index contributed by atoms with van der Waals surface area (Å²) in [6.07, 6.45) is 0. The van der Waals surface area contributed by atoms with Gasteiger partial charge in [-0.05, 0) is 24.4 Å². The van der Waals surface area contributed by atoms with Gasteiger partial charge in [-0.2, -0.15) is 0 Å². The van der Waals surface area contributed by atoms with Gasteiger partial charge in [0.2, 0.25) is 0 Å². The molecule has 2 rings (SSSR count). The zero-order valence-electron chi connectivity index (χ0n) is 14.8. The summed E-state index contributed by atoms with van der Waals surface area (Å²) in [7, 11) is 5.30. The molecule has 0 aromatic heterocycles. The van der Waals surface area contributed by atoms with Gasteiger partial charge in [0, 0.05) is 25.2 Å². The number of benzene rings is 1. The molecule has 0 bridgehead atoms. The number of morpholine rings is 1. The summed E-state index contributed by atoms with van der Waals surface area (Å²) in [6, 6.07) is 5.83. The van der Waals surface area contributed by atoms with E-state index in [4.69, 9.17) is 26.4 Å². The van der Waals surface area contributed by atoms with Crippen LogP contribution >= 0.6 is 12.2 Å².